The summed E-state index contributed by atoms with van der Waals surface area (Å²) in [6.45, 7) is 0.976. The number of amides is 1. The molecule has 1 aliphatic heterocycles. The van der Waals surface area contributed by atoms with Crippen LogP contribution >= 0.6 is 11.6 Å². The number of hydrogen-bond donors (Lipinski definition) is 1. The van der Waals surface area contributed by atoms with Crippen molar-refractivity contribution in [1.82, 2.24) is 54.6 Å². The van der Waals surface area contributed by atoms with Gasteiger partial charge in [-0.3, -0.25) is 28.9 Å². The molecular formula is C32H27ClFN11O3. The number of carboxylic acids is 1. The van der Waals surface area contributed by atoms with Gasteiger partial charge in [0.2, 0.25) is 0 Å². The maximum atomic E-state index is 15.4. The number of rotatable bonds is 9. The lowest BCUT2D eigenvalue weighted by molar-refractivity contribution is -0.143. The highest BCUT2D eigenvalue weighted by Crippen LogP contribution is 2.34. The molecule has 1 amide bonds. The zero-order valence-corrected chi connectivity index (χ0v) is 26.0. The zero-order chi connectivity index (χ0) is 33.2. The summed E-state index contributed by atoms with van der Waals surface area (Å²) in [4.78, 5) is 35.0. The molecule has 1 unspecified atom stereocenters. The maximum Gasteiger partial charge on any atom is 0.306 e. The van der Waals surface area contributed by atoms with E-state index >= 15 is 4.39 Å². The van der Waals surface area contributed by atoms with Crippen molar-refractivity contribution in [2.75, 3.05) is 13.1 Å². The maximum absolute atomic E-state index is 15.4. The number of nitrogens with zero attached hydrogens (tertiary/aromatic N) is 11. The number of benzene rings is 1. The van der Waals surface area contributed by atoms with E-state index in [1.165, 1.54) is 17.1 Å². The van der Waals surface area contributed by atoms with Gasteiger partial charge < -0.3 is 10.0 Å². The molecule has 6 heterocycles. The predicted octanol–water partition coefficient (Wildman–Crippen LogP) is 4.20. The topological polar surface area (TPSA) is 163 Å². The van der Waals surface area contributed by atoms with Crippen LogP contribution in [0.1, 0.15) is 35.1 Å². The Morgan fingerprint density at radius 1 is 1.00 bits per heavy atom. The highest BCUT2D eigenvalue weighted by atomic mass is 35.5. The van der Waals surface area contributed by atoms with E-state index in [2.05, 4.69) is 30.7 Å². The molecule has 1 N–H and O–H groups in total. The minimum absolute atomic E-state index is 0.0563. The number of aliphatic carboxylic acids is 1. The van der Waals surface area contributed by atoms with Crippen molar-refractivity contribution in [3.63, 3.8) is 0 Å². The number of carboxylic acid groups (broad SMARTS) is 1. The fraction of sp³-hybridized carbons (Fsp3) is 0.219. The Kier molecular flexibility index (Phi) is 8.42. The monoisotopic (exact) mass is 667 g/mol. The minimum Gasteiger partial charge on any atom is -0.481 e. The Labute approximate surface area is 277 Å². The summed E-state index contributed by atoms with van der Waals surface area (Å²) in [5.41, 5.74) is 3.70. The Bertz CT molecular complexity index is 2060. The van der Waals surface area contributed by atoms with Crippen LogP contribution in [0.2, 0.25) is 5.02 Å². The number of likely N-dealkylation sites (tertiary alicyclic amines) is 1. The third-order valence-corrected chi connectivity index (χ3v) is 8.66. The van der Waals surface area contributed by atoms with Crippen molar-refractivity contribution in [3.8, 4) is 27.9 Å². The zero-order valence-electron chi connectivity index (χ0n) is 25.2. The number of carbonyl (C=O) groups is 2. The SMILES string of the molecule is O=C(O)C1CCN(C(=O)c2ccn(CC(c3ccc(-c4c(-n5cnnn5)ccc(Cl)c4F)cn3)n3cc(-c4ccncc4)cn3)n2)CC1. The van der Waals surface area contributed by atoms with Gasteiger partial charge in [0.25, 0.3) is 5.91 Å². The summed E-state index contributed by atoms with van der Waals surface area (Å²) in [7, 11) is 0. The molecule has 14 nitrogen and oxygen atoms in total. The quantitative estimate of drug-likeness (QED) is 0.236. The van der Waals surface area contributed by atoms with Crippen molar-refractivity contribution < 1.29 is 19.1 Å². The molecule has 0 aliphatic carbocycles. The van der Waals surface area contributed by atoms with Gasteiger partial charge in [0.1, 0.15) is 18.1 Å². The van der Waals surface area contributed by atoms with Crippen LogP contribution < -0.4 is 0 Å². The second-order valence-corrected chi connectivity index (χ2v) is 11.7. The van der Waals surface area contributed by atoms with E-state index in [0.717, 1.165) is 11.1 Å². The Morgan fingerprint density at radius 2 is 1.81 bits per heavy atom. The first-order valence-electron chi connectivity index (χ1n) is 15.0. The number of carbonyl (C=O) groups excluding carboxylic acids is 1. The van der Waals surface area contributed by atoms with Gasteiger partial charge in [0.15, 0.2) is 5.82 Å². The molecule has 1 aliphatic rings. The minimum atomic E-state index is -0.838. The molecule has 0 saturated carbocycles. The first kappa shape index (κ1) is 30.8. The molecule has 1 aromatic carbocycles. The summed E-state index contributed by atoms with van der Waals surface area (Å²) in [6, 6.07) is 11.5. The molecule has 5 aromatic heterocycles. The Morgan fingerprint density at radius 3 is 2.52 bits per heavy atom. The molecular weight excluding hydrogens is 641 g/mol. The smallest absolute Gasteiger partial charge is 0.306 e. The average molecular weight is 668 g/mol. The average Bonchev–Trinajstić information content (AvgIpc) is 3.92. The third-order valence-electron chi connectivity index (χ3n) is 8.37. The van der Waals surface area contributed by atoms with Crippen LogP contribution in [0.5, 0.6) is 0 Å². The van der Waals surface area contributed by atoms with Crippen molar-refractivity contribution in [1.29, 1.82) is 0 Å². The summed E-state index contributed by atoms with van der Waals surface area (Å²) < 4.78 is 20.2. The number of hydrogen-bond acceptors (Lipinski definition) is 9. The molecule has 1 atom stereocenters. The van der Waals surface area contributed by atoms with Gasteiger partial charge in [-0.25, -0.2) is 4.39 Å². The first-order valence-corrected chi connectivity index (χ1v) is 15.4. The van der Waals surface area contributed by atoms with Crippen LogP contribution in [0.25, 0.3) is 27.9 Å². The molecule has 16 heteroatoms. The Balaban J connectivity index is 1.19. The van der Waals surface area contributed by atoms with Gasteiger partial charge in [0.05, 0.1) is 35.1 Å². The summed E-state index contributed by atoms with van der Waals surface area (Å²) in [6.07, 6.45) is 12.5. The second-order valence-electron chi connectivity index (χ2n) is 11.3. The summed E-state index contributed by atoms with van der Waals surface area (Å²) >= 11 is 6.16. The standard InChI is InChI=1S/C32H27ClFN11O3/c33-24-2-4-27(45-19-37-40-41-45)29(30(24)34)22-1-3-25(36-15-22)28(44-17-23(16-38-44)20-5-10-35-11-6-20)18-43-14-9-26(39-43)31(46)42-12-7-21(8-13-42)32(47)48/h1-6,9-11,14-17,19,21,28H,7-8,12-13,18H2,(H,47,48). The second kappa shape index (κ2) is 13.1. The van der Waals surface area contributed by atoms with Crippen molar-refractivity contribution in [2.24, 2.45) is 5.92 Å². The summed E-state index contributed by atoms with van der Waals surface area (Å²) in [5.74, 6) is -2.17. The molecule has 0 radical (unpaired) electrons. The lowest BCUT2D eigenvalue weighted by atomic mass is 9.97. The highest BCUT2D eigenvalue weighted by molar-refractivity contribution is 6.31. The largest absolute Gasteiger partial charge is 0.481 e. The van der Waals surface area contributed by atoms with E-state index < -0.39 is 23.7 Å². The van der Waals surface area contributed by atoms with Gasteiger partial charge in [-0.15, -0.1) is 5.10 Å². The van der Waals surface area contributed by atoms with Gasteiger partial charge in [-0.2, -0.15) is 14.9 Å². The van der Waals surface area contributed by atoms with E-state index in [1.54, 1.807) is 69.5 Å². The van der Waals surface area contributed by atoms with Crippen LogP contribution in [0, 0.1) is 11.7 Å². The lowest BCUT2D eigenvalue weighted by Gasteiger charge is -2.29. The fourth-order valence-corrected chi connectivity index (χ4v) is 5.95. The number of tetrazole rings is 1. The van der Waals surface area contributed by atoms with E-state index in [0.29, 0.717) is 42.9 Å². The van der Waals surface area contributed by atoms with E-state index in [1.807, 2.05) is 18.3 Å². The Hall–Kier alpha value is -5.83. The molecule has 0 bridgehead atoms. The van der Waals surface area contributed by atoms with Crippen LogP contribution in [0.3, 0.4) is 0 Å². The van der Waals surface area contributed by atoms with E-state index in [9.17, 15) is 14.7 Å². The third kappa shape index (κ3) is 6.14. The normalized spacial score (nSPS) is 14.2. The van der Waals surface area contributed by atoms with Crippen LogP contribution in [-0.4, -0.2) is 84.7 Å². The summed E-state index contributed by atoms with van der Waals surface area (Å²) in [5, 5.41) is 29.7. The van der Waals surface area contributed by atoms with Crippen molar-refractivity contribution in [3.05, 3.63) is 108 Å². The first-order chi connectivity index (χ1) is 23.4. The van der Waals surface area contributed by atoms with Crippen LogP contribution in [0.15, 0.2) is 86.0 Å². The lowest BCUT2D eigenvalue weighted by Crippen LogP contribution is -2.40. The van der Waals surface area contributed by atoms with Gasteiger partial charge in [-0.1, -0.05) is 17.7 Å². The van der Waals surface area contributed by atoms with Crippen LogP contribution in [0.4, 0.5) is 4.39 Å². The fourth-order valence-electron chi connectivity index (χ4n) is 5.79. The molecule has 48 heavy (non-hydrogen) atoms. The number of piperidine rings is 1. The number of aromatic nitrogens is 10. The van der Waals surface area contributed by atoms with E-state index in [-0.39, 0.29) is 28.7 Å². The van der Waals surface area contributed by atoms with Gasteiger partial charge in [-0.05, 0) is 65.2 Å². The van der Waals surface area contributed by atoms with Crippen LogP contribution in [-0.2, 0) is 11.3 Å². The van der Waals surface area contributed by atoms with Gasteiger partial charge >= 0.3 is 5.97 Å². The van der Waals surface area contributed by atoms with Gasteiger partial charge in [0, 0.05) is 60.8 Å². The van der Waals surface area contributed by atoms with Crippen molar-refractivity contribution in [2.45, 2.75) is 25.4 Å². The number of halogens is 2. The molecule has 1 saturated heterocycles. The molecule has 242 valence electrons. The number of pyridine rings is 2. The molecule has 6 aromatic rings. The van der Waals surface area contributed by atoms with E-state index in [4.69, 9.17) is 16.6 Å². The molecule has 7 rings (SSSR count). The van der Waals surface area contributed by atoms with Crippen molar-refractivity contribution >= 4 is 23.5 Å². The highest BCUT2D eigenvalue weighted by Gasteiger charge is 2.29. The predicted molar refractivity (Wildman–Crippen MR) is 169 cm³/mol. The molecule has 1 fully saturated rings. The molecule has 0 spiro atoms.